The number of aliphatic hydroxyl groups excluding tert-OH is 3. The molecule has 384 valence electrons. The van der Waals surface area contributed by atoms with Crippen LogP contribution >= 0.6 is 19.6 Å². The maximum absolute atomic E-state index is 13.2. The van der Waals surface area contributed by atoms with Gasteiger partial charge in [0.1, 0.15) is 18.8 Å². The Kier molecular flexibility index (Phi) is 42.4. The lowest BCUT2D eigenvalue weighted by Crippen LogP contribution is -2.40. The first kappa shape index (κ1) is 63.7. The predicted octanol–water partition coefficient (Wildman–Crippen LogP) is 10.5. The van der Waals surface area contributed by atoms with Gasteiger partial charge in [-0.1, -0.05) is 179 Å². The van der Waals surface area contributed by atoms with Gasteiger partial charge in [0.25, 0.3) is 0 Å². The number of ether oxygens (including phenoxy) is 2. The van der Waals surface area contributed by atoms with E-state index in [1.165, 1.54) is 108 Å². The minimum atomic E-state index is -4.78. The molecule has 1 unspecified atom stereocenters. The van der Waals surface area contributed by atoms with E-state index >= 15 is 0 Å². The number of nitrogens with two attached hydrogens (primary N) is 1. The number of carbonyl (C=O) groups is 3. The van der Waals surface area contributed by atoms with Gasteiger partial charge in [-0.05, 0) is 44.4 Å². The number of carbonyl (C=O) groups excluding carboxylic acids is 2. The Bertz CT molecular complexity index is 1380. The van der Waals surface area contributed by atoms with Crippen LogP contribution in [0.2, 0.25) is 0 Å². The van der Waals surface area contributed by atoms with E-state index in [2.05, 4.69) is 32.9 Å². The third-order valence-electron chi connectivity index (χ3n) is 10.7. The lowest BCUT2D eigenvalue weighted by molar-refractivity contribution is -0.161. The Balaban J connectivity index is 5.06. The molecular formula is C50H90NO13PS. The highest BCUT2D eigenvalue weighted by Gasteiger charge is 2.29. The second kappa shape index (κ2) is 43.9. The van der Waals surface area contributed by atoms with Crippen LogP contribution in [0.15, 0.2) is 48.6 Å². The minimum absolute atomic E-state index is 0.0229. The van der Waals surface area contributed by atoms with E-state index in [0.717, 1.165) is 38.0 Å². The SMILES string of the molecule is CCCCC/C=C\C\C=C/C=C/C=C/[C@@H](SC[C@H](N)C(=O)O[C@H](COC(=O)CCCCCCCCCCCCCCCCCC(C)C)COP(=O)(O)OC[C@@H](O)CO)[C@@H](O)CCCC(=O)O. The second-order valence-electron chi connectivity index (χ2n) is 17.5. The summed E-state index contributed by atoms with van der Waals surface area (Å²) in [7, 11) is -4.78. The molecule has 0 aromatic heterocycles. The first-order valence-corrected chi connectivity index (χ1v) is 27.4. The predicted molar refractivity (Wildman–Crippen MR) is 266 cm³/mol. The van der Waals surface area contributed by atoms with Crippen LogP contribution in [0.25, 0.3) is 0 Å². The zero-order valence-electron chi connectivity index (χ0n) is 40.7. The number of allylic oxidation sites excluding steroid dienone is 7. The number of hydrogen-bond acceptors (Lipinski definition) is 13. The first-order valence-electron chi connectivity index (χ1n) is 24.9. The molecule has 0 amide bonds. The van der Waals surface area contributed by atoms with Crippen molar-refractivity contribution in [2.24, 2.45) is 11.7 Å². The molecule has 0 saturated carbocycles. The van der Waals surface area contributed by atoms with Gasteiger partial charge in [0.2, 0.25) is 0 Å². The van der Waals surface area contributed by atoms with Crippen molar-refractivity contribution in [1.82, 2.24) is 0 Å². The van der Waals surface area contributed by atoms with Gasteiger partial charge in [0.05, 0.1) is 25.9 Å². The lowest BCUT2D eigenvalue weighted by Gasteiger charge is -2.23. The summed E-state index contributed by atoms with van der Waals surface area (Å²) in [6.45, 7) is 4.12. The highest BCUT2D eigenvalue weighted by molar-refractivity contribution is 8.00. The van der Waals surface area contributed by atoms with E-state index < -0.39 is 81.8 Å². The molecule has 0 bridgehead atoms. The molecule has 0 saturated heterocycles. The number of phosphoric ester groups is 1. The van der Waals surface area contributed by atoms with Crippen LogP contribution < -0.4 is 5.73 Å². The molecule has 0 spiro atoms. The van der Waals surface area contributed by atoms with Crippen molar-refractivity contribution in [1.29, 1.82) is 0 Å². The Hall–Kier alpha value is -2.33. The van der Waals surface area contributed by atoms with Gasteiger partial charge in [0, 0.05) is 23.8 Å². The van der Waals surface area contributed by atoms with Crippen molar-refractivity contribution in [3.63, 3.8) is 0 Å². The maximum Gasteiger partial charge on any atom is 0.472 e. The van der Waals surface area contributed by atoms with Gasteiger partial charge in [-0.25, -0.2) is 4.57 Å². The number of aliphatic hydroxyl groups is 3. The third-order valence-corrected chi connectivity index (χ3v) is 13.0. The van der Waals surface area contributed by atoms with Crippen LogP contribution in [0.5, 0.6) is 0 Å². The monoisotopic (exact) mass is 976 g/mol. The van der Waals surface area contributed by atoms with Gasteiger partial charge >= 0.3 is 25.7 Å². The van der Waals surface area contributed by atoms with Gasteiger partial charge in [0.15, 0.2) is 6.10 Å². The number of thioether (sulfide) groups is 1. The minimum Gasteiger partial charge on any atom is -0.481 e. The summed E-state index contributed by atoms with van der Waals surface area (Å²) in [5.41, 5.74) is 6.20. The van der Waals surface area contributed by atoms with Crippen molar-refractivity contribution in [2.75, 3.05) is 32.2 Å². The van der Waals surface area contributed by atoms with Crippen molar-refractivity contribution >= 4 is 37.5 Å². The summed E-state index contributed by atoms with van der Waals surface area (Å²) in [5.74, 6) is -1.65. The summed E-state index contributed by atoms with van der Waals surface area (Å²) >= 11 is 1.17. The van der Waals surface area contributed by atoms with Gasteiger partial charge in [-0.15, -0.1) is 11.8 Å². The van der Waals surface area contributed by atoms with Crippen LogP contribution in [-0.2, 0) is 37.5 Å². The highest BCUT2D eigenvalue weighted by atomic mass is 32.2. The molecular weight excluding hydrogens is 886 g/mol. The fourth-order valence-electron chi connectivity index (χ4n) is 6.66. The molecule has 0 heterocycles. The molecule has 16 heteroatoms. The number of esters is 2. The maximum atomic E-state index is 13.2. The molecule has 0 aliphatic rings. The molecule has 66 heavy (non-hydrogen) atoms. The third kappa shape index (κ3) is 41.8. The summed E-state index contributed by atoms with van der Waals surface area (Å²) in [4.78, 5) is 47.0. The van der Waals surface area contributed by atoms with Crippen molar-refractivity contribution in [3.8, 4) is 0 Å². The molecule has 14 nitrogen and oxygen atoms in total. The van der Waals surface area contributed by atoms with Gasteiger partial charge in [-0.2, -0.15) is 0 Å². The van der Waals surface area contributed by atoms with E-state index in [9.17, 15) is 34.1 Å². The van der Waals surface area contributed by atoms with Crippen molar-refractivity contribution < 1.29 is 62.8 Å². The van der Waals surface area contributed by atoms with Crippen molar-refractivity contribution in [2.45, 2.75) is 211 Å². The fraction of sp³-hybridized carbons (Fsp3) is 0.780. The molecule has 7 N–H and O–H groups in total. The summed E-state index contributed by atoms with van der Waals surface area (Å²) < 4.78 is 33.0. The largest absolute Gasteiger partial charge is 0.481 e. The fourth-order valence-corrected chi connectivity index (χ4v) is 8.58. The molecule has 0 aromatic carbocycles. The average Bonchev–Trinajstić information content (AvgIpc) is 3.28. The van der Waals surface area contributed by atoms with Crippen LogP contribution in [0.3, 0.4) is 0 Å². The number of aliphatic carboxylic acids is 1. The summed E-state index contributed by atoms with van der Waals surface area (Å²) in [6, 6.07) is -1.24. The molecule has 0 radical (unpaired) electrons. The Morgan fingerprint density at radius 1 is 0.697 bits per heavy atom. The Labute approximate surface area is 402 Å². The molecule has 6 atom stereocenters. The topological polar surface area (TPSA) is 232 Å². The zero-order chi connectivity index (χ0) is 49.1. The normalized spacial score (nSPS) is 15.5. The van der Waals surface area contributed by atoms with Gasteiger partial charge in [-0.3, -0.25) is 23.4 Å². The number of phosphoric acid groups is 1. The Morgan fingerprint density at radius 3 is 1.88 bits per heavy atom. The average molecular weight is 976 g/mol. The van der Waals surface area contributed by atoms with Crippen molar-refractivity contribution in [3.05, 3.63) is 48.6 Å². The van der Waals surface area contributed by atoms with E-state index in [1.54, 1.807) is 18.2 Å². The standard InChI is InChI=1S/C50H90NO13PS/c1-4-5-6-7-8-9-10-17-20-23-26-29-34-47(46(54)33-31-35-48(55)56)66-41-45(51)50(58)64-44(40-63-65(59,60)62-38-43(53)37-52)39-61-49(57)36-30-27-24-21-18-15-13-11-12-14-16-19-22-25-28-32-42(2)3/h8-9,17,20,23,26,29,34,42-47,52-54H,4-7,10-16,18-19,21-22,24-25,27-28,30-33,35-41,51H2,1-3H3,(H,55,56)(H,59,60)/b9-8-,20-17-,26-23+,34-29+/t43-,44+,45-,46-,47+/m0/s1. The number of hydrogen-bond donors (Lipinski definition) is 6. The molecule has 0 aliphatic heterocycles. The van der Waals surface area contributed by atoms with Crippen LogP contribution in [0.4, 0.5) is 0 Å². The molecule has 0 rings (SSSR count). The number of carboxylic acid groups (broad SMARTS) is 1. The van der Waals surface area contributed by atoms with E-state index in [1.807, 2.05) is 18.2 Å². The summed E-state index contributed by atoms with van der Waals surface area (Å²) in [6.07, 6.45) is 36.9. The molecule has 0 fully saturated rings. The van der Waals surface area contributed by atoms with E-state index in [0.29, 0.717) is 6.42 Å². The quantitative estimate of drug-likeness (QED) is 0.0109. The molecule has 0 aromatic rings. The van der Waals surface area contributed by atoms with Crippen LogP contribution in [-0.4, -0.2) is 105 Å². The van der Waals surface area contributed by atoms with Crippen LogP contribution in [0, 0.1) is 5.92 Å². The number of carboxylic acids is 1. The highest BCUT2D eigenvalue weighted by Crippen LogP contribution is 2.43. The zero-order valence-corrected chi connectivity index (χ0v) is 42.4. The number of rotatable bonds is 46. The number of unbranched alkanes of at least 4 members (excludes halogenated alkanes) is 17. The molecule has 0 aliphatic carbocycles. The van der Waals surface area contributed by atoms with E-state index in [4.69, 9.17) is 34.5 Å². The smallest absolute Gasteiger partial charge is 0.472 e. The Morgan fingerprint density at radius 2 is 1.29 bits per heavy atom. The van der Waals surface area contributed by atoms with E-state index in [-0.39, 0.29) is 31.4 Å². The first-order chi connectivity index (χ1) is 31.7. The second-order valence-corrected chi connectivity index (χ2v) is 20.2. The lowest BCUT2D eigenvalue weighted by atomic mass is 10.0. The van der Waals surface area contributed by atoms with Crippen LogP contribution in [0.1, 0.15) is 181 Å². The van der Waals surface area contributed by atoms with Gasteiger partial charge < -0.3 is 40.5 Å². The summed E-state index contributed by atoms with van der Waals surface area (Å²) in [5, 5.41) is 38.0.